The summed E-state index contributed by atoms with van der Waals surface area (Å²) in [6.07, 6.45) is 1.85. The van der Waals surface area contributed by atoms with Crippen molar-refractivity contribution in [2.24, 2.45) is 7.05 Å². The molecule has 0 amide bonds. The van der Waals surface area contributed by atoms with Crippen LogP contribution in [0.2, 0.25) is 0 Å². The van der Waals surface area contributed by atoms with Crippen molar-refractivity contribution in [2.75, 3.05) is 12.4 Å². The van der Waals surface area contributed by atoms with Crippen molar-refractivity contribution < 1.29 is 0 Å². The maximum atomic E-state index is 4.35. The fourth-order valence-corrected chi connectivity index (χ4v) is 2.31. The second kappa shape index (κ2) is 3.23. The zero-order chi connectivity index (χ0) is 11.1. The molecule has 80 valence electrons. The van der Waals surface area contributed by atoms with Crippen LogP contribution >= 0.6 is 0 Å². The number of aromatic nitrogens is 2. The Kier molecular flexibility index (Phi) is 1.86. The highest BCUT2D eigenvalue weighted by Crippen LogP contribution is 2.30. The molecule has 0 saturated carbocycles. The maximum absolute atomic E-state index is 4.35. The third-order valence-corrected chi connectivity index (χ3v) is 3.05. The number of para-hydroxylation sites is 1. The van der Waals surface area contributed by atoms with E-state index in [-0.39, 0.29) is 0 Å². The van der Waals surface area contributed by atoms with Crippen molar-refractivity contribution in [3.05, 3.63) is 36.5 Å². The third-order valence-electron chi connectivity index (χ3n) is 3.05. The fraction of sp³-hybridized carbons (Fsp3) is 0.154. The van der Waals surface area contributed by atoms with E-state index in [1.807, 2.05) is 13.2 Å². The van der Waals surface area contributed by atoms with Crippen LogP contribution in [-0.2, 0) is 7.05 Å². The second-order valence-electron chi connectivity index (χ2n) is 3.88. The molecule has 0 fully saturated rings. The van der Waals surface area contributed by atoms with Crippen LogP contribution in [0.5, 0.6) is 0 Å². The van der Waals surface area contributed by atoms with Crippen molar-refractivity contribution in [1.82, 2.24) is 9.55 Å². The summed E-state index contributed by atoms with van der Waals surface area (Å²) in [7, 11) is 3.98. The third kappa shape index (κ3) is 1.05. The quantitative estimate of drug-likeness (QED) is 0.670. The van der Waals surface area contributed by atoms with E-state index in [1.54, 1.807) is 0 Å². The lowest BCUT2D eigenvalue weighted by molar-refractivity contribution is 1.01. The Labute approximate surface area is 93.7 Å². The summed E-state index contributed by atoms with van der Waals surface area (Å²) in [6, 6.07) is 10.5. The average Bonchev–Trinajstić information content (AvgIpc) is 2.64. The normalized spacial score (nSPS) is 11.1. The Hall–Kier alpha value is -2.03. The lowest BCUT2D eigenvalue weighted by Gasteiger charge is -2.03. The molecule has 3 nitrogen and oxygen atoms in total. The molecule has 1 aromatic carbocycles. The minimum Gasteiger partial charge on any atom is -0.371 e. The van der Waals surface area contributed by atoms with Gasteiger partial charge in [-0.05, 0) is 12.1 Å². The first-order valence-corrected chi connectivity index (χ1v) is 5.33. The Bertz CT molecular complexity index is 667. The maximum Gasteiger partial charge on any atom is 0.150 e. The molecule has 2 aromatic heterocycles. The van der Waals surface area contributed by atoms with Crippen molar-refractivity contribution in [1.29, 1.82) is 0 Å². The molecule has 0 unspecified atom stereocenters. The van der Waals surface area contributed by atoms with Gasteiger partial charge in [-0.2, -0.15) is 0 Å². The topological polar surface area (TPSA) is 29.9 Å². The van der Waals surface area contributed by atoms with E-state index in [0.717, 1.165) is 11.3 Å². The molecule has 0 atom stereocenters. The smallest absolute Gasteiger partial charge is 0.150 e. The van der Waals surface area contributed by atoms with E-state index in [4.69, 9.17) is 0 Å². The molecule has 0 spiro atoms. The van der Waals surface area contributed by atoms with Gasteiger partial charge in [0.2, 0.25) is 0 Å². The fourth-order valence-electron chi connectivity index (χ4n) is 2.31. The number of hydrogen-bond acceptors (Lipinski definition) is 2. The van der Waals surface area contributed by atoms with Crippen molar-refractivity contribution >= 4 is 27.6 Å². The van der Waals surface area contributed by atoms with Crippen molar-refractivity contribution in [2.45, 2.75) is 0 Å². The van der Waals surface area contributed by atoms with E-state index in [9.17, 15) is 0 Å². The molecule has 2 heterocycles. The largest absolute Gasteiger partial charge is 0.371 e. The summed E-state index contributed by atoms with van der Waals surface area (Å²) in [5.41, 5.74) is 2.40. The number of rotatable bonds is 1. The highest BCUT2D eigenvalue weighted by molar-refractivity contribution is 6.11. The van der Waals surface area contributed by atoms with Gasteiger partial charge in [-0.15, -0.1) is 0 Å². The molecule has 0 saturated heterocycles. The molecule has 0 aliphatic carbocycles. The highest BCUT2D eigenvalue weighted by Gasteiger charge is 2.10. The van der Waals surface area contributed by atoms with Gasteiger partial charge in [0.1, 0.15) is 5.82 Å². The number of fused-ring (bicyclic) bond motifs is 3. The SMILES string of the molecule is CNc1nccc2c3ccccc3n(C)c12. The molecule has 0 radical (unpaired) electrons. The molecule has 3 heteroatoms. The summed E-state index contributed by atoms with van der Waals surface area (Å²) >= 11 is 0. The molecule has 3 rings (SSSR count). The molecular formula is C13H13N3. The van der Waals surface area contributed by atoms with Gasteiger partial charge < -0.3 is 9.88 Å². The van der Waals surface area contributed by atoms with Gasteiger partial charge in [0.25, 0.3) is 0 Å². The van der Waals surface area contributed by atoms with Crippen LogP contribution in [0.25, 0.3) is 21.8 Å². The Morgan fingerprint density at radius 2 is 1.94 bits per heavy atom. The number of nitrogens with zero attached hydrogens (tertiary/aromatic N) is 2. The van der Waals surface area contributed by atoms with E-state index in [1.165, 1.54) is 16.3 Å². The van der Waals surface area contributed by atoms with Crippen LogP contribution in [0.4, 0.5) is 5.82 Å². The van der Waals surface area contributed by atoms with Crippen LogP contribution in [0, 0.1) is 0 Å². The van der Waals surface area contributed by atoms with Gasteiger partial charge in [-0.25, -0.2) is 4.98 Å². The van der Waals surface area contributed by atoms with Gasteiger partial charge in [-0.1, -0.05) is 18.2 Å². The van der Waals surface area contributed by atoms with Gasteiger partial charge in [0.15, 0.2) is 0 Å². The first-order valence-electron chi connectivity index (χ1n) is 5.33. The molecule has 0 bridgehead atoms. The number of benzene rings is 1. The molecule has 3 aromatic rings. The Balaban J connectivity index is 2.61. The van der Waals surface area contributed by atoms with Crippen molar-refractivity contribution in [3.8, 4) is 0 Å². The molecule has 1 N–H and O–H groups in total. The predicted molar refractivity (Wildman–Crippen MR) is 67.8 cm³/mol. The average molecular weight is 211 g/mol. The molecule has 0 aliphatic heterocycles. The zero-order valence-electron chi connectivity index (χ0n) is 9.36. The van der Waals surface area contributed by atoms with E-state index in [0.29, 0.717) is 0 Å². The van der Waals surface area contributed by atoms with Crippen LogP contribution in [-0.4, -0.2) is 16.6 Å². The predicted octanol–water partition coefficient (Wildman–Crippen LogP) is 2.77. The first-order chi connectivity index (χ1) is 7.83. The lowest BCUT2D eigenvalue weighted by Crippen LogP contribution is -1.96. The minimum absolute atomic E-state index is 0.927. The Morgan fingerprint density at radius 1 is 1.12 bits per heavy atom. The summed E-state index contributed by atoms with van der Waals surface area (Å²) in [5, 5.41) is 5.66. The minimum atomic E-state index is 0.927. The second-order valence-corrected chi connectivity index (χ2v) is 3.88. The van der Waals surface area contributed by atoms with Crippen LogP contribution in [0.15, 0.2) is 36.5 Å². The molecule has 0 aliphatic rings. The highest BCUT2D eigenvalue weighted by atomic mass is 15.0. The van der Waals surface area contributed by atoms with Gasteiger partial charge >= 0.3 is 0 Å². The Morgan fingerprint density at radius 3 is 2.75 bits per heavy atom. The lowest BCUT2D eigenvalue weighted by atomic mass is 10.2. The van der Waals surface area contributed by atoms with E-state index < -0.39 is 0 Å². The monoisotopic (exact) mass is 211 g/mol. The van der Waals surface area contributed by atoms with Gasteiger partial charge in [0, 0.05) is 36.6 Å². The first kappa shape index (κ1) is 9.21. The van der Waals surface area contributed by atoms with Crippen LogP contribution in [0.3, 0.4) is 0 Å². The summed E-state index contributed by atoms with van der Waals surface area (Å²) in [6.45, 7) is 0. The number of nitrogens with one attached hydrogen (secondary N) is 1. The van der Waals surface area contributed by atoms with Crippen LogP contribution < -0.4 is 5.32 Å². The number of anilines is 1. The van der Waals surface area contributed by atoms with E-state index >= 15 is 0 Å². The number of aryl methyl sites for hydroxylation is 1. The summed E-state index contributed by atoms with van der Waals surface area (Å²) in [4.78, 5) is 4.35. The standard InChI is InChI=1S/C13H13N3/c1-14-13-12-10(7-8-15-13)9-5-3-4-6-11(9)16(12)2/h3-8H,1-2H3,(H,14,15). The number of hydrogen-bond donors (Lipinski definition) is 1. The summed E-state index contributed by atoms with van der Waals surface area (Å²) in [5.74, 6) is 0.927. The zero-order valence-corrected chi connectivity index (χ0v) is 9.36. The van der Waals surface area contributed by atoms with Gasteiger partial charge in [-0.3, -0.25) is 0 Å². The van der Waals surface area contributed by atoms with Crippen molar-refractivity contribution in [3.63, 3.8) is 0 Å². The molecular weight excluding hydrogens is 198 g/mol. The van der Waals surface area contributed by atoms with E-state index in [2.05, 4.69) is 52.2 Å². The van der Waals surface area contributed by atoms with Gasteiger partial charge in [0.05, 0.1) is 5.52 Å². The summed E-state index contributed by atoms with van der Waals surface area (Å²) < 4.78 is 2.18. The van der Waals surface area contributed by atoms with Crippen LogP contribution in [0.1, 0.15) is 0 Å². The number of pyridine rings is 1. The molecule has 16 heavy (non-hydrogen) atoms.